The number of hydrogen-bond acceptors (Lipinski definition) is 13. The van der Waals surface area contributed by atoms with Gasteiger partial charge in [0.25, 0.3) is 10.1 Å². The summed E-state index contributed by atoms with van der Waals surface area (Å²) in [7, 11) is -3.84. The predicted molar refractivity (Wildman–Crippen MR) is 219 cm³/mol. The first-order chi connectivity index (χ1) is 27.6. The van der Waals surface area contributed by atoms with Crippen molar-refractivity contribution in [1.82, 2.24) is 21.3 Å². The van der Waals surface area contributed by atoms with Gasteiger partial charge in [0.2, 0.25) is 23.6 Å². The van der Waals surface area contributed by atoms with Crippen molar-refractivity contribution in [2.45, 2.75) is 135 Å². The van der Waals surface area contributed by atoms with Crippen molar-refractivity contribution in [2.24, 2.45) is 5.73 Å². The molecule has 19 heteroatoms. The van der Waals surface area contributed by atoms with Gasteiger partial charge >= 0.3 is 5.97 Å². The second-order valence-corrected chi connectivity index (χ2v) is 16.6. The molecule has 0 heterocycles. The lowest BCUT2D eigenvalue weighted by Gasteiger charge is -2.24. The zero-order valence-electron chi connectivity index (χ0n) is 35.4. The third-order valence-electron chi connectivity index (χ3n) is 8.31. The van der Waals surface area contributed by atoms with Crippen LogP contribution in [0.2, 0.25) is 0 Å². The van der Waals surface area contributed by atoms with Crippen molar-refractivity contribution in [3.05, 3.63) is 0 Å². The van der Waals surface area contributed by atoms with E-state index in [1.807, 2.05) is 0 Å². The number of ether oxygens (including phenoxy) is 5. The summed E-state index contributed by atoms with van der Waals surface area (Å²) in [6, 6.07) is -0.945. The summed E-state index contributed by atoms with van der Waals surface area (Å²) < 4.78 is 56.9. The first-order valence-electron chi connectivity index (χ1n) is 20.9. The van der Waals surface area contributed by atoms with Crippen LogP contribution in [0.4, 0.5) is 0 Å². The van der Waals surface area contributed by atoms with Crippen LogP contribution in [0.25, 0.3) is 0 Å². The molecule has 0 bridgehead atoms. The van der Waals surface area contributed by atoms with Crippen LogP contribution in [0.1, 0.15) is 124 Å². The van der Waals surface area contributed by atoms with Crippen molar-refractivity contribution in [1.29, 1.82) is 0 Å². The molecule has 0 radical (unpaired) electrons. The molecule has 18 nitrogen and oxygen atoms in total. The van der Waals surface area contributed by atoms with Gasteiger partial charge in [-0.05, 0) is 40.0 Å². The lowest BCUT2D eigenvalue weighted by molar-refractivity contribution is -0.159. The zero-order valence-corrected chi connectivity index (χ0v) is 36.2. The van der Waals surface area contributed by atoms with E-state index in [1.165, 1.54) is 6.42 Å². The zero-order chi connectivity index (χ0) is 43.3. The number of carbonyl (C=O) groups excluding carboxylic acids is 5. The summed E-state index contributed by atoms with van der Waals surface area (Å²) in [4.78, 5) is 61.2. The van der Waals surface area contributed by atoms with Crippen molar-refractivity contribution in [2.75, 3.05) is 84.8 Å². The fraction of sp³-hybridized carbons (Fsp3) is 0.872. The minimum absolute atomic E-state index is 0.00658. The van der Waals surface area contributed by atoms with E-state index in [2.05, 4.69) is 21.3 Å². The Kier molecular flexibility index (Phi) is 34.1. The van der Waals surface area contributed by atoms with Crippen LogP contribution in [0.5, 0.6) is 0 Å². The second-order valence-electron chi connectivity index (χ2n) is 15.0. The molecular formula is C39H75N5O13S. The Morgan fingerprint density at radius 3 is 1.47 bits per heavy atom. The predicted octanol–water partition coefficient (Wildman–Crippen LogP) is 2.32. The highest BCUT2D eigenvalue weighted by Gasteiger charge is 2.27. The number of hydrogen-bond donors (Lipinski definition) is 6. The van der Waals surface area contributed by atoms with Gasteiger partial charge in [-0.15, -0.1) is 0 Å². The fourth-order valence-corrected chi connectivity index (χ4v) is 5.94. The van der Waals surface area contributed by atoms with Crippen LogP contribution in [0, 0.1) is 0 Å². The maximum absolute atomic E-state index is 12.8. The third kappa shape index (κ3) is 39.9. The number of carbonyl (C=O) groups is 5. The lowest BCUT2D eigenvalue weighted by Crippen LogP contribution is -2.44. The van der Waals surface area contributed by atoms with Crippen LogP contribution in [0.3, 0.4) is 0 Å². The van der Waals surface area contributed by atoms with Crippen molar-refractivity contribution < 1.29 is 60.6 Å². The van der Waals surface area contributed by atoms with Gasteiger partial charge in [-0.1, -0.05) is 70.6 Å². The maximum Gasteiger partial charge on any atom is 0.329 e. The Hall–Kier alpha value is -2.94. The number of rotatable bonds is 39. The summed E-state index contributed by atoms with van der Waals surface area (Å²) in [5, 5.41) is 10.7. The molecule has 0 aliphatic heterocycles. The fourth-order valence-electron chi connectivity index (χ4n) is 5.38. The molecule has 0 aromatic heterocycles. The van der Waals surface area contributed by atoms with E-state index in [9.17, 15) is 32.4 Å². The first-order valence-corrected chi connectivity index (χ1v) is 22.5. The van der Waals surface area contributed by atoms with E-state index in [0.717, 1.165) is 64.2 Å². The highest BCUT2D eigenvalue weighted by atomic mass is 32.2. The molecule has 1 atom stereocenters. The Balaban J connectivity index is 4.01. The second kappa shape index (κ2) is 36.0. The standard InChI is InChI=1S/C39H75N5O13S/c1-39(2,3)57-38(49)33(44-35(46)17-15-13-11-9-7-5-4-6-8-10-12-14-16-30-58(50,51)52)18-19-34(45)42-22-24-53-26-29-56-32-37(48)43-23-25-54-27-28-55-31-36(47)41-21-20-40/h33H,4-32,40H2,1-3H3,(H,41,47)(H,42,45)(H,43,48)(H,44,46)(H,50,51,52)/t33-/m0/s1. The van der Waals surface area contributed by atoms with Crippen molar-refractivity contribution in [3.63, 3.8) is 0 Å². The number of unbranched alkanes of at least 4 members (excludes halogenated alkanes) is 12. The van der Waals surface area contributed by atoms with Crippen molar-refractivity contribution in [3.8, 4) is 0 Å². The van der Waals surface area contributed by atoms with E-state index < -0.39 is 27.7 Å². The van der Waals surface area contributed by atoms with Crippen LogP contribution in [0.15, 0.2) is 0 Å². The molecule has 0 saturated carbocycles. The van der Waals surface area contributed by atoms with Gasteiger partial charge in [0.15, 0.2) is 0 Å². The molecule has 4 amide bonds. The molecule has 58 heavy (non-hydrogen) atoms. The molecular weight excluding hydrogens is 779 g/mol. The summed E-state index contributed by atoms with van der Waals surface area (Å²) in [6.07, 6.45) is 13.3. The topological polar surface area (TPSA) is 260 Å². The Morgan fingerprint density at radius 1 is 0.569 bits per heavy atom. The normalized spacial score (nSPS) is 12.2. The molecule has 0 aliphatic carbocycles. The molecule has 0 fully saturated rings. The van der Waals surface area contributed by atoms with Gasteiger partial charge in [-0.3, -0.25) is 23.7 Å². The van der Waals surface area contributed by atoms with Crippen LogP contribution < -0.4 is 27.0 Å². The average Bonchev–Trinajstić information content (AvgIpc) is 3.14. The highest BCUT2D eigenvalue weighted by Crippen LogP contribution is 2.14. The molecule has 7 N–H and O–H groups in total. The molecule has 0 spiro atoms. The highest BCUT2D eigenvalue weighted by molar-refractivity contribution is 7.85. The SMILES string of the molecule is CC(C)(C)OC(=O)[C@H](CCC(=O)NCCOCCOCC(=O)NCCOCCOCC(=O)NCCN)NC(=O)CCCCCCCCCCCCCCCS(=O)(=O)O. The smallest absolute Gasteiger partial charge is 0.329 e. The van der Waals surface area contributed by atoms with Gasteiger partial charge < -0.3 is 50.7 Å². The quantitative estimate of drug-likeness (QED) is 0.0295. The van der Waals surface area contributed by atoms with Crippen molar-refractivity contribution >= 4 is 39.7 Å². The largest absolute Gasteiger partial charge is 0.458 e. The Bertz CT molecular complexity index is 1220. The number of nitrogens with one attached hydrogen (secondary N) is 4. The first kappa shape index (κ1) is 55.1. The molecule has 0 aromatic carbocycles. The number of amides is 4. The van der Waals surface area contributed by atoms with Gasteiger partial charge in [0.1, 0.15) is 24.9 Å². The number of nitrogens with two attached hydrogens (primary N) is 1. The lowest BCUT2D eigenvalue weighted by atomic mass is 10.0. The summed E-state index contributed by atoms with van der Waals surface area (Å²) >= 11 is 0. The van der Waals surface area contributed by atoms with E-state index in [1.54, 1.807) is 20.8 Å². The molecule has 0 rings (SSSR count). The van der Waals surface area contributed by atoms with E-state index in [0.29, 0.717) is 32.5 Å². The number of esters is 1. The van der Waals surface area contributed by atoms with E-state index in [-0.39, 0.29) is 108 Å². The Labute approximate surface area is 346 Å². The van der Waals surface area contributed by atoms with Gasteiger partial charge in [-0.25, -0.2) is 4.79 Å². The Morgan fingerprint density at radius 2 is 1.00 bits per heavy atom. The summed E-state index contributed by atoms with van der Waals surface area (Å²) in [5.74, 6) is -1.84. The van der Waals surface area contributed by atoms with Gasteiger partial charge in [0.05, 0.1) is 45.4 Å². The molecule has 0 aromatic rings. The summed E-state index contributed by atoms with van der Waals surface area (Å²) in [6.45, 7) is 7.72. The molecule has 0 aliphatic rings. The average molecular weight is 854 g/mol. The summed E-state index contributed by atoms with van der Waals surface area (Å²) in [5.41, 5.74) is 4.55. The maximum atomic E-state index is 12.8. The minimum atomic E-state index is -3.84. The van der Waals surface area contributed by atoms with E-state index in [4.69, 9.17) is 34.0 Å². The monoisotopic (exact) mass is 854 g/mol. The van der Waals surface area contributed by atoms with Gasteiger partial charge in [0, 0.05) is 39.0 Å². The van der Waals surface area contributed by atoms with Crippen LogP contribution >= 0.6 is 0 Å². The molecule has 0 saturated heterocycles. The van der Waals surface area contributed by atoms with E-state index >= 15 is 0 Å². The van der Waals surface area contributed by atoms with Gasteiger partial charge in [-0.2, -0.15) is 8.42 Å². The molecule has 340 valence electrons. The third-order valence-corrected chi connectivity index (χ3v) is 9.11. The minimum Gasteiger partial charge on any atom is -0.458 e. The van der Waals surface area contributed by atoms with Crippen LogP contribution in [-0.2, 0) is 57.8 Å². The van der Waals surface area contributed by atoms with Crippen LogP contribution in [-0.4, -0.2) is 139 Å². The molecule has 0 unspecified atom stereocenters.